The predicted molar refractivity (Wildman–Crippen MR) is 60.2 cm³/mol. The molecule has 0 atom stereocenters. The molecule has 1 aromatic rings. The minimum atomic E-state index is 0.0472. The molecule has 76 valence electrons. The molecule has 1 rings (SSSR count). The van der Waals surface area contributed by atoms with E-state index >= 15 is 0 Å². The molecule has 0 radical (unpaired) electrons. The van der Waals surface area contributed by atoms with E-state index in [9.17, 15) is 4.79 Å². The van der Waals surface area contributed by atoms with Crippen LogP contribution in [-0.2, 0) is 0 Å². The Labute approximate surface area is 92.3 Å². The molecule has 2 nitrogen and oxygen atoms in total. The molecule has 0 saturated carbocycles. The number of Topliss-reactive ketones (excluding diaryl/α,β-unsaturated/α-hetero) is 1. The highest BCUT2D eigenvalue weighted by atomic mass is 35.5. The first-order valence-corrected chi connectivity index (χ1v) is 5.74. The van der Waals surface area contributed by atoms with Gasteiger partial charge < -0.3 is 5.11 Å². The second-order valence-electron chi connectivity index (χ2n) is 2.71. The van der Waals surface area contributed by atoms with Gasteiger partial charge in [-0.15, -0.1) is 0 Å². The highest BCUT2D eigenvalue weighted by Gasteiger charge is 2.05. The van der Waals surface area contributed by atoms with Crippen molar-refractivity contribution < 1.29 is 9.90 Å². The number of carbonyl (C=O) groups is 1. The van der Waals surface area contributed by atoms with Crippen LogP contribution in [0.3, 0.4) is 0 Å². The lowest BCUT2D eigenvalue weighted by atomic mass is 10.1. The lowest BCUT2D eigenvalue weighted by Gasteiger charge is -2.00. The van der Waals surface area contributed by atoms with Crippen LogP contribution >= 0.6 is 23.4 Å². The predicted octanol–water partition coefficient (Wildman–Crippen LogP) is 2.25. The van der Waals surface area contributed by atoms with E-state index in [4.69, 9.17) is 16.7 Å². The molecule has 0 aliphatic carbocycles. The Kier molecular flexibility index (Phi) is 5.01. The van der Waals surface area contributed by atoms with E-state index in [0.717, 1.165) is 0 Å². The van der Waals surface area contributed by atoms with Crippen LogP contribution < -0.4 is 0 Å². The van der Waals surface area contributed by atoms with E-state index < -0.39 is 0 Å². The van der Waals surface area contributed by atoms with Gasteiger partial charge in [-0.25, -0.2) is 0 Å². The van der Waals surface area contributed by atoms with Gasteiger partial charge in [0.05, 0.1) is 12.4 Å². The number of hydrogen-bond acceptors (Lipinski definition) is 3. The summed E-state index contributed by atoms with van der Waals surface area (Å²) < 4.78 is 0. The maximum absolute atomic E-state index is 11.5. The Hall–Kier alpha value is -0.510. The zero-order valence-corrected chi connectivity index (χ0v) is 9.14. The number of aliphatic hydroxyl groups excluding tert-OH is 1. The summed E-state index contributed by atoms with van der Waals surface area (Å²) in [5, 5.41) is 9.11. The molecule has 14 heavy (non-hydrogen) atoms. The molecule has 1 N–H and O–H groups in total. The summed E-state index contributed by atoms with van der Waals surface area (Å²) in [5.41, 5.74) is 0.628. The van der Waals surface area contributed by atoms with Crippen LogP contribution in [0.15, 0.2) is 24.3 Å². The van der Waals surface area contributed by atoms with Crippen molar-refractivity contribution in [2.45, 2.75) is 0 Å². The molecule has 0 aromatic heterocycles. The summed E-state index contributed by atoms with van der Waals surface area (Å²) >= 11 is 7.17. The number of halogens is 1. The van der Waals surface area contributed by atoms with Crippen LogP contribution in [0, 0.1) is 0 Å². The molecule has 0 fully saturated rings. The third-order valence-corrected chi connectivity index (χ3v) is 2.79. The van der Waals surface area contributed by atoms with Crippen molar-refractivity contribution in [3.8, 4) is 0 Å². The first kappa shape index (κ1) is 11.6. The van der Waals surface area contributed by atoms with E-state index in [1.807, 2.05) is 0 Å². The monoisotopic (exact) mass is 230 g/mol. The van der Waals surface area contributed by atoms with Crippen molar-refractivity contribution in [3.05, 3.63) is 34.9 Å². The van der Waals surface area contributed by atoms with Gasteiger partial charge in [0.1, 0.15) is 0 Å². The third kappa shape index (κ3) is 3.70. The molecule has 0 heterocycles. The SMILES string of the molecule is O=C(CSCCO)c1cccc(Cl)c1. The van der Waals surface area contributed by atoms with Gasteiger partial charge in [-0.05, 0) is 12.1 Å². The Morgan fingerprint density at radius 3 is 2.93 bits per heavy atom. The van der Waals surface area contributed by atoms with Crippen molar-refractivity contribution in [1.29, 1.82) is 0 Å². The molecular formula is C10H11ClO2S. The van der Waals surface area contributed by atoms with E-state index in [1.165, 1.54) is 11.8 Å². The van der Waals surface area contributed by atoms with E-state index in [2.05, 4.69) is 0 Å². The minimum Gasteiger partial charge on any atom is -0.396 e. The van der Waals surface area contributed by atoms with Crippen LogP contribution in [0.1, 0.15) is 10.4 Å². The lowest BCUT2D eigenvalue weighted by Crippen LogP contribution is -2.03. The normalized spacial score (nSPS) is 10.1. The van der Waals surface area contributed by atoms with Gasteiger partial charge in [0.2, 0.25) is 0 Å². The molecule has 0 spiro atoms. The Bertz CT molecular complexity index is 315. The summed E-state index contributed by atoms with van der Waals surface area (Å²) in [7, 11) is 0. The molecule has 0 aliphatic rings. The maximum atomic E-state index is 11.5. The Morgan fingerprint density at radius 2 is 2.29 bits per heavy atom. The molecular weight excluding hydrogens is 220 g/mol. The van der Waals surface area contributed by atoms with Gasteiger partial charge in [0, 0.05) is 16.3 Å². The molecule has 0 amide bonds. The highest BCUT2D eigenvalue weighted by Crippen LogP contribution is 2.13. The topological polar surface area (TPSA) is 37.3 Å². The fraction of sp³-hybridized carbons (Fsp3) is 0.300. The van der Waals surface area contributed by atoms with E-state index in [-0.39, 0.29) is 12.4 Å². The van der Waals surface area contributed by atoms with Crippen LogP contribution in [-0.4, -0.2) is 29.0 Å². The smallest absolute Gasteiger partial charge is 0.172 e. The molecule has 0 aliphatic heterocycles. The maximum Gasteiger partial charge on any atom is 0.172 e. The third-order valence-electron chi connectivity index (χ3n) is 1.62. The van der Waals surface area contributed by atoms with E-state index in [1.54, 1.807) is 24.3 Å². The van der Waals surface area contributed by atoms with Gasteiger partial charge >= 0.3 is 0 Å². The quantitative estimate of drug-likeness (QED) is 0.623. The van der Waals surface area contributed by atoms with Gasteiger partial charge in [-0.2, -0.15) is 11.8 Å². The van der Waals surface area contributed by atoms with Crippen molar-refractivity contribution in [2.75, 3.05) is 18.1 Å². The summed E-state index contributed by atoms with van der Waals surface area (Å²) in [6.07, 6.45) is 0. The minimum absolute atomic E-state index is 0.0472. The average molecular weight is 231 g/mol. The lowest BCUT2D eigenvalue weighted by molar-refractivity contribution is 0.102. The molecule has 0 saturated heterocycles. The first-order chi connectivity index (χ1) is 6.74. The standard InChI is InChI=1S/C10H11ClO2S/c11-9-3-1-2-8(6-9)10(13)7-14-5-4-12/h1-3,6,12H,4-5,7H2. The van der Waals surface area contributed by atoms with Crippen LogP contribution in [0.4, 0.5) is 0 Å². The number of carbonyl (C=O) groups excluding carboxylic acids is 1. The van der Waals surface area contributed by atoms with Gasteiger partial charge in [-0.3, -0.25) is 4.79 Å². The van der Waals surface area contributed by atoms with Crippen molar-refractivity contribution in [3.63, 3.8) is 0 Å². The van der Waals surface area contributed by atoms with Gasteiger partial charge in [0.25, 0.3) is 0 Å². The van der Waals surface area contributed by atoms with Crippen molar-refractivity contribution in [1.82, 2.24) is 0 Å². The average Bonchev–Trinajstić information content (AvgIpc) is 2.18. The van der Waals surface area contributed by atoms with E-state index in [0.29, 0.717) is 22.1 Å². The first-order valence-electron chi connectivity index (χ1n) is 4.21. The highest BCUT2D eigenvalue weighted by molar-refractivity contribution is 8.00. The second-order valence-corrected chi connectivity index (χ2v) is 4.25. The largest absolute Gasteiger partial charge is 0.396 e. The molecule has 4 heteroatoms. The van der Waals surface area contributed by atoms with Gasteiger partial charge in [-0.1, -0.05) is 23.7 Å². The Balaban J connectivity index is 2.52. The fourth-order valence-corrected chi connectivity index (χ4v) is 1.79. The number of ketones is 1. The van der Waals surface area contributed by atoms with Crippen LogP contribution in [0.25, 0.3) is 0 Å². The van der Waals surface area contributed by atoms with Crippen molar-refractivity contribution in [2.24, 2.45) is 0 Å². The zero-order chi connectivity index (χ0) is 10.4. The number of thioether (sulfide) groups is 1. The molecule has 0 bridgehead atoms. The van der Waals surface area contributed by atoms with Crippen LogP contribution in [0.5, 0.6) is 0 Å². The van der Waals surface area contributed by atoms with Gasteiger partial charge in [0.15, 0.2) is 5.78 Å². The summed E-state index contributed by atoms with van der Waals surface area (Å²) in [6, 6.07) is 6.89. The Morgan fingerprint density at radius 1 is 1.50 bits per heavy atom. The van der Waals surface area contributed by atoms with Crippen LogP contribution in [0.2, 0.25) is 5.02 Å². The number of benzene rings is 1. The zero-order valence-electron chi connectivity index (χ0n) is 7.57. The molecule has 0 unspecified atom stereocenters. The second kappa shape index (κ2) is 6.06. The summed E-state index contributed by atoms with van der Waals surface area (Å²) in [4.78, 5) is 11.5. The van der Waals surface area contributed by atoms with Crippen molar-refractivity contribution >= 4 is 29.1 Å². The number of hydrogen-bond donors (Lipinski definition) is 1. The number of aliphatic hydroxyl groups is 1. The number of rotatable bonds is 5. The summed E-state index contributed by atoms with van der Waals surface area (Å²) in [6.45, 7) is 0.105. The molecule has 1 aromatic carbocycles. The fourth-order valence-electron chi connectivity index (χ4n) is 0.975. The summed E-state index contributed by atoms with van der Waals surface area (Å²) in [5.74, 6) is 1.03.